The van der Waals surface area contributed by atoms with E-state index in [0.29, 0.717) is 6.54 Å². The van der Waals surface area contributed by atoms with Gasteiger partial charge in [-0.05, 0) is 12.3 Å². The molecule has 3 heteroatoms. The van der Waals surface area contributed by atoms with Crippen LogP contribution in [0.3, 0.4) is 0 Å². The Kier molecular flexibility index (Phi) is 9.52. The van der Waals surface area contributed by atoms with Crippen LogP contribution in [0.1, 0.15) is 84.5 Å². The third kappa shape index (κ3) is 7.76. The van der Waals surface area contributed by atoms with Gasteiger partial charge in [-0.15, -0.1) is 0 Å². The van der Waals surface area contributed by atoms with E-state index in [1.54, 1.807) is 0 Å². The number of unbranched alkanes of at least 4 members (excludes halogenated alkanes) is 6. The Hall–Kier alpha value is -0.730. The maximum absolute atomic E-state index is 11.1. The van der Waals surface area contributed by atoms with Crippen LogP contribution >= 0.6 is 0 Å². The lowest BCUT2D eigenvalue weighted by Crippen LogP contribution is -2.18. The molecule has 1 amide bonds. The Bertz CT molecular complexity index is 243. The Labute approximate surface area is 124 Å². The normalized spacial score (nSPS) is 18.4. The van der Waals surface area contributed by atoms with Gasteiger partial charge in [0.1, 0.15) is 6.10 Å². The molecular formula is C17H33NO2. The molecule has 3 nitrogen and oxygen atoms in total. The lowest BCUT2D eigenvalue weighted by Gasteiger charge is -2.19. The smallest absolute Gasteiger partial charge is 0.407 e. The van der Waals surface area contributed by atoms with Crippen LogP contribution in [-0.2, 0) is 4.74 Å². The van der Waals surface area contributed by atoms with Crippen LogP contribution in [0.5, 0.6) is 0 Å². The highest BCUT2D eigenvalue weighted by molar-refractivity contribution is 5.69. The number of ether oxygens (including phenoxy) is 1. The maximum atomic E-state index is 11.1. The Morgan fingerprint density at radius 1 is 1.05 bits per heavy atom. The fraction of sp³-hybridized carbons (Fsp3) is 0.941. The molecule has 1 aliphatic rings. The van der Waals surface area contributed by atoms with Crippen molar-refractivity contribution < 1.29 is 9.53 Å². The van der Waals surface area contributed by atoms with Gasteiger partial charge in [0.25, 0.3) is 0 Å². The van der Waals surface area contributed by atoms with Crippen molar-refractivity contribution in [2.75, 3.05) is 6.54 Å². The van der Waals surface area contributed by atoms with E-state index in [4.69, 9.17) is 4.74 Å². The Balaban J connectivity index is 2.23. The second kappa shape index (κ2) is 11.0. The average molecular weight is 283 g/mol. The highest BCUT2D eigenvalue weighted by Crippen LogP contribution is 2.24. The average Bonchev–Trinajstić information content (AvgIpc) is 2.84. The Morgan fingerprint density at radius 2 is 1.65 bits per heavy atom. The molecule has 1 atom stereocenters. The van der Waals surface area contributed by atoms with Gasteiger partial charge in [-0.3, -0.25) is 0 Å². The highest BCUT2D eigenvalue weighted by atomic mass is 16.6. The number of amides is 1. The molecule has 1 N–H and O–H groups in total. The molecule has 20 heavy (non-hydrogen) atoms. The largest absolute Gasteiger partial charge is 0.444 e. The first-order valence-electron chi connectivity index (χ1n) is 8.70. The van der Waals surface area contributed by atoms with Crippen molar-refractivity contribution in [1.82, 2.24) is 5.32 Å². The molecular weight excluding hydrogens is 250 g/mol. The van der Waals surface area contributed by atoms with E-state index in [9.17, 15) is 4.79 Å². The van der Waals surface area contributed by atoms with Crippen molar-refractivity contribution in [2.45, 2.75) is 90.6 Å². The first-order chi connectivity index (χ1) is 9.76. The first-order valence-corrected chi connectivity index (χ1v) is 8.70. The standard InChI is InChI=1S/C17H33NO2/c1-3-5-7-9-11-15(12-10-8-6-4-2)13-16-14-18-17(19)20-16/h15-16H,3-14H2,1-2H3,(H,18,19)/t16-/m0/s1. The van der Waals surface area contributed by atoms with Crippen LogP contribution < -0.4 is 5.32 Å². The summed E-state index contributed by atoms with van der Waals surface area (Å²) >= 11 is 0. The topological polar surface area (TPSA) is 38.3 Å². The van der Waals surface area contributed by atoms with Crippen LogP contribution in [-0.4, -0.2) is 18.7 Å². The zero-order valence-corrected chi connectivity index (χ0v) is 13.5. The zero-order chi connectivity index (χ0) is 14.6. The molecule has 1 saturated heterocycles. The minimum atomic E-state index is -0.231. The van der Waals surface area contributed by atoms with Crippen molar-refractivity contribution in [3.63, 3.8) is 0 Å². The molecule has 0 saturated carbocycles. The summed E-state index contributed by atoms with van der Waals surface area (Å²) in [5.74, 6) is 0.737. The van der Waals surface area contributed by atoms with Gasteiger partial charge in [0, 0.05) is 0 Å². The number of cyclic esters (lactones) is 1. The first kappa shape index (κ1) is 17.3. The number of carbonyl (C=O) groups excluding carboxylic acids is 1. The predicted molar refractivity (Wildman–Crippen MR) is 83.9 cm³/mol. The fourth-order valence-corrected chi connectivity index (χ4v) is 3.03. The summed E-state index contributed by atoms with van der Waals surface area (Å²) in [5, 5.41) is 2.77. The number of alkyl carbamates (subject to hydrolysis) is 1. The van der Waals surface area contributed by atoms with E-state index in [1.807, 2.05) is 0 Å². The molecule has 0 spiro atoms. The summed E-state index contributed by atoms with van der Waals surface area (Å²) in [6.45, 7) is 5.22. The molecule has 1 heterocycles. The van der Waals surface area contributed by atoms with Crippen LogP contribution in [0.2, 0.25) is 0 Å². The number of hydrogen-bond donors (Lipinski definition) is 1. The molecule has 0 radical (unpaired) electrons. The third-order valence-corrected chi connectivity index (χ3v) is 4.28. The summed E-state index contributed by atoms with van der Waals surface area (Å²) in [5.41, 5.74) is 0. The van der Waals surface area contributed by atoms with Gasteiger partial charge in [-0.1, -0.05) is 78.1 Å². The van der Waals surface area contributed by atoms with Crippen molar-refractivity contribution >= 4 is 6.09 Å². The molecule has 1 rings (SSSR count). The second-order valence-electron chi connectivity index (χ2n) is 6.21. The third-order valence-electron chi connectivity index (χ3n) is 4.28. The van der Waals surface area contributed by atoms with Crippen molar-refractivity contribution in [3.8, 4) is 0 Å². The molecule has 1 aliphatic heterocycles. The predicted octanol–water partition coefficient (Wildman–Crippen LogP) is 5.04. The van der Waals surface area contributed by atoms with Gasteiger partial charge in [-0.2, -0.15) is 0 Å². The van der Waals surface area contributed by atoms with Gasteiger partial charge in [-0.25, -0.2) is 4.79 Å². The van der Waals surface area contributed by atoms with Gasteiger partial charge in [0.15, 0.2) is 0 Å². The lowest BCUT2D eigenvalue weighted by molar-refractivity contribution is 0.121. The number of rotatable bonds is 12. The van der Waals surface area contributed by atoms with Gasteiger partial charge < -0.3 is 10.1 Å². The Morgan fingerprint density at radius 3 is 2.10 bits per heavy atom. The minimum Gasteiger partial charge on any atom is -0.444 e. The SMILES string of the molecule is CCCCCCC(CCCCCC)C[C@H]1CNC(=O)O1. The lowest BCUT2D eigenvalue weighted by atomic mass is 9.89. The second-order valence-corrected chi connectivity index (χ2v) is 6.21. The van der Waals surface area contributed by atoms with Crippen molar-refractivity contribution in [3.05, 3.63) is 0 Å². The molecule has 1 fully saturated rings. The van der Waals surface area contributed by atoms with Crippen LogP contribution in [0.15, 0.2) is 0 Å². The maximum Gasteiger partial charge on any atom is 0.407 e. The van der Waals surface area contributed by atoms with Crippen molar-refractivity contribution in [1.29, 1.82) is 0 Å². The van der Waals surface area contributed by atoms with Gasteiger partial charge >= 0.3 is 6.09 Å². The molecule has 0 aliphatic carbocycles. The van der Waals surface area contributed by atoms with E-state index in [2.05, 4.69) is 19.2 Å². The summed E-state index contributed by atoms with van der Waals surface area (Å²) < 4.78 is 5.30. The molecule has 0 bridgehead atoms. The van der Waals surface area contributed by atoms with E-state index >= 15 is 0 Å². The van der Waals surface area contributed by atoms with Gasteiger partial charge in [0.05, 0.1) is 6.54 Å². The molecule has 0 aromatic heterocycles. The number of hydrogen-bond acceptors (Lipinski definition) is 2. The number of nitrogens with one attached hydrogen (secondary N) is 1. The van der Waals surface area contributed by atoms with E-state index in [1.165, 1.54) is 64.2 Å². The summed E-state index contributed by atoms with van der Waals surface area (Å²) in [7, 11) is 0. The minimum absolute atomic E-state index is 0.116. The quantitative estimate of drug-likeness (QED) is 0.509. The zero-order valence-electron chi connectivity index (χ0n) is 13.5. The highest BCUT2D eigenvalue weighted by Gasteiger charge is 2.25. The summed E-state index contributed by atoms with van der Waals surface area (Å²) in [4.78, 5) is 11.1. The number of carbonyl (C=O) groups is 1. The van der Waals surface area contributed by atoms with E-state index in [-0.39, 0.29) is 12.2 Å². The van der Waals surface area contributed by atoms with Crippen LogP contribution in [0.4, 0.5) is 4.79 Å². The molecule has 118 valence electrons. The monoisotopic (exact) mass is 283 g/mol. The molecule has 0 unspecified atom stereocenters. The summed E-state index contributed by atoms with van der Waals surface area (Å²) in [6.07, 6.45) is 14.2. The van der Waals surface area contributed by atoms with Crippen LogP contribution in [0.25, 0.3) is 0 Å². The van der Waals surface area contributed by atoms with E-state index in [0.717, 1.165) is 12.3 Å². The van der Waals surface area contributed by atoms with Crippen LogP contribution in [0, 0.1) is 5.92 Å². The fourth-order valence-electron chi connectivity index (χ4n) is 3.03. The van der Waals surface area contributed by atoms with Crippen molar-refractivity contribution in [2.24, 2.45) is 5.92 Å². The van der Waals surface area contributed by atoms with Gasteiger partial charge in [0.2, 0.25) is 0 Å². The molecule has 0 aromatic rings. The van der Waals surface area contributed by atoms with E-state index < -0.39 is 0 Å². The molecule has 0 aromatic carbocycles. The summed E-state index contributed by atoms with van der Waals surface area (Å²) in [6, 6.07) is 0.